The maximum atomic E-state index is 2.77. The smallest absolute Gasteiger partial charge is 0.0594 e. The largest absolute Gasteiger partial charge is 0.334 e. The SMILES string of the molecule is CC(C)(C)C12CCCCC1(C)c1cc(-c3ccc4c5c(-c6ccccc6)c6c7cccc8cccc(c6c(-c6ccccc6)c5c5cccc3c54)c87)ccc1N2c1ccccc1. The van der Waals surface area contributed by atoms with Crippen molar-refractivity contribution in [2.45, 2.75) is 64.3 Å². The maximum Gasteiger partial charge on any atom is 0.0594 e. The van der Waals surface area contributed by atoms with Crippen molar-refractivity contribution in [1.29, 1.82) is 0 Å². The van der Waals surface area contributed by atoms with Crippen LogP contribution < -0.4 is 4.90 Å². The Bertz CT molecular complexity index is 3430. The first-order valence-corrected chi connectivity index (χ1v) is 22.7. The second kappa shape index (κ2) is 12.7. The molecule has 0 spiro atoms. The van der Waals surface area contributed by atoms with Crippen LogP contribution in [0.15, 0.2) is 176 Å². The lowest BCUT2D eigenvalue weighted by atomic mass is 9.52. The number of hydrogen-bond donors (Lipinski definition) is 0. The van der Waals surface area contributed by atoms with Gasteiger partial charge in [-0.05, 0) is 146 Å². The molecule has 1 aliphatic heterocycles. The molecule has 1 saturated carbocycles. The summed E-state index contributed by atoms with van der Waals surface area (Å²) in [4.78, 5) is 2.77. The Morgan fingerprint density at radius 1 is 0.435 bits per heavy atom. The molecular formula is C61H49N. The molecule has 1 heterocycles. The van der Waals surface area contributed by atoms with Gasteiger partial charge in [-0.25, -0.2) is 0 Å². The van der Waals surface area contributed by atoms with Gasteiger partial charge in [0, 0.05) is 16.8 Å². The summed E-state index contributed by atoms with van der Waals surface area (Å²) in [7, 11) is 0. The summed E-state index contributed by atoms with van der Waals surface area (Å²) in [5.41, 5.74) is 12.0. The molecule has 298 valence electrons. The minimum absolute atomic E-state index is 0.00926. The summed E-state index contributed by atoms with van der Waals surface area (Å²) < 4.78 is 0. The van der Waals surface area contributed by atoms with Crippen LogP contribution in [0.5, 0.6) is 0 Å². The van der Waals surface area contributed by atoms with Crippen molar-refractivity contribution in [2.24, 2.45) is 5.41 Å². The van der Waals surface area contributed by atoms with Crippen LogP contribution >= 0.6 is 0 Å². The van der Waals surface area contributed by atoms with Gasteiger partial charge in [-0.3, -0.25) is 0 Å². The van der Waals surface area contributed by atoms with Crippen LogP contribution in [-0.4, -0.2) is 5.54 Å². The van der Waals surface area contributed by atoms with Gasteiger partial charge in [0.2, 0.25) is 0 Å². The first-order valence-electron chi connectivity index (χ1n) is 22.7. The molecule has 0 aromatic heterocycles. The highest BCUT2D eigenvalue weighted by molar-refractivity contribution is 6.46. The monoisotopic (exact) mass is 795 g/mol. The number of fused-ring (bicyclic) bond motifs is 9. The molecule has 0 radical (unpaired) electrons. The van der Waals surface area contributed by atoms with Crippen molar-refractivity contribution in [1.82, 2.24) is 0 Å². The van der Waals surface area contributed by atoms with Crippen LogP contribution in [0, 0.1) is 5.41 Å². The fourth-order valence-electron chi connectivity index (χ4n) is 13.5. The van der Waals surface area contributed by atoms with Crippen molar-refractivity contribution < 1.29 is 0 Å². The molecule has 11 aromatic rings. The maximum absolute atomic E-state index is 2.77. The lowest BCUT2D eigenvalue weighted by Gasteiger charge is -2.59. The van der Waals surface area contributed by atoms with E-state index in [1.54, 1.807) is 0 Å². The van der Waals surface area contributed by atoms with Gasteiger partial charge in [-0.1, -0.05) is 192 Å². The molecule has 0 N–H and O–H groups in total. The molecule has 0 amide bonds. The third-order valence-electron chi connectivity index (χ3n) is 15.8. The number of nitrogens with zero attached hydrogens (tertiary/aromatic N) is 1. The molecule has 1 heteroatoms. The van der Waals surface area contributed by atoms with Crippen LogP contribution in [0.3, 0.4) is 0 Å². The molecule has 2 unspecified atom stereocenters. The number of hydrogen-bond acceptors (Lipinski definition) is 1. The highest BCUT2D eigenvalue weighted by Gasteiger charge is 2.65. The fourth-order valence-corrected chi connectivity index (χ4v) is 13.5. The first kappa shape index (κ1) is 36.0. The Labute approximate surface area is 363 Å². The van der Waals surface area contributed by atoms with E-state index < -0.39 is 0 Å². The third-order valence-corrected chi connectivity index (χ3v) is 15.8. The number of rotatable bonds is 4. The Morgan fingerprint density at radius 2 is 0.952 bits per heavy atom. The zero-order valence-electron chi connectivity index (χ0n) is 36.0. The summed E-state index contributed by atoms with van der Waals surface area (Å²) in [6, 6.07) is 66.9. The molecule has 2 atom stereocenters. The summed E-state index contributed by atoms with van der Waals surface area (Å²) in [5.74, 6) is 0. The van der Waals surface area contributed by atoms with Crippen LogP contribution in [-0.2, 0) is 5.41 Å². The van der Waals surface area contributed by atoms with E-state index in [-0.39, 0.29) is 16.4 Å². The predicted octanol–water partition coefficient (Wildman–Crippen LogP) is 17.3. The van der Waals surface area contributed by atoms with Gasteiger partial charge in [-0.15, -0.1) is 0 Å². The molecule has 0 saturated heterocycles. The number of para-hydroxylation sites is 1. The van der Waals surface area contributed by atoms with Crippen molar-refractivity contribution in [2.75, 3.05) is 4.90 Å². The quantitative estimate of drug-likeness (QED) is 0.171. The standard InChI is InChI=1S/C61H49N/c1-59(2,3)61-36-15-14-35-60(61,4)49-37-41(31-34-50(49)62(61)42-25-12-7-13-26-42)43-32-33-48-54-44(43)27-18-30-47(54)57-52(39-19-8-5-9-20-39)55-45-28-16-23-38-24-17-29-46(51(38)45)56(55)53(58(48)57)40-21-10-6-11-22-40/h5-13,16-34,37H,14-15,35-36H2,1-4H3. The number of benzene rings is 9. The van der Waals surface area contributed by atoms with E-state index >= 15 is 0 Å². The van der Waals surface area contributed by atoms with Crippen molar-refractivity contribution in [3.05, 3.63) is 181 Å². The summed E-state index contributed by atoms with van der Waals surface area (Å²) in [6.45, 7) is 10.1. The highest BCUT2D eigenvalue weighted by atomic mass is 15.3. The van der Waals surface area contributed by atoms with Gasteiger partial charge in [0.15, 0.2) is 0 Å². The summed E-state index contributed by atoms with van der Waals surface area (Å²) in [5, 5.41) is 16.1. The Morgan fingerprint density at radius 3 is 1.55 bits per heavy atom. The van der Waals surface area contributed by atoms with E-state index in [4.69, 9.17) is 0 Å². The normalized spacial score (nSPS) is 19.1. The lowest BCUT2D eigenvalue weighted by Crippen LogP contribution is -2.64. The topological polar surface area (TPSA) is 3.24 Å². The van der Waals surface area contributed by atoms with Gasteiger partial charge in [0.05, 0.1) is 5.54 Å². The van der Waals surface area contributed by atoms with E-state index in [0.717, 1.165) is 0 Å². The fraction of sp³-hybridized carbons (Fsp3) is 0.180. The van der Waals surface area contributed by atoms with Gasteiger partial charge in [0.1, 0.15) is 0 Å². The molecule has 1 nitrogen and oxygen atoms in total. The minimum Gasteiger partial charge on any atom is -0.334 e. The summed E-state index contributed by atoms with van der Waals surface area (Å²) >= 11 is 0. The zero-order chi connectivity index (χ0) is 41.5. The molecule has 0 bridgehead atoms. The average Bonchev–Trinajstić information content (AvgIpc) is 3.90. The van der Waals surface area contributed by atoms with E-state index in [1.807, 2.05) is 0 Å². The van der Waals surface area contributed by atoms with Crippen LogP contribution in [0.2, 0.25) is 0 Å². The Kier molecular flexibility index (Phi) is 7.36. The van der Waals surface area contributed by atoms with E-state index in [2.05, 4.69) is 209 Å². The van der Waals surface area contributed by atoms with Crippen LogP contribution in [0.25, 0.3) is 98.0 Å². The van der Waals surface area contributed by atoms with Gasteiger partial charge in [-0.2, -0.15) is 0 Å². The summed E-state index contributed by atoms with van der Waals surface area (Å²) in [6.07, 6.45) is 4.89. The van der Waals surface area contributed by atoms with Crippen molar-refractivity contribution in [3.63, 3.8) is 0 Å². The van der Waals surface area contributed by atoms with Gasteiger partial charge in [0.25, 0.3) is 0 Å². The molecule has 1 fully saturated rings. The van der Waals surface area contributed by atoms with Gasteiger partial charge < -0.3 is 4.90 Å². The molecule has 62 heavy (non-hydrogen) atoms. The molecule has 11 aromatic carbocycles. The third kappa shape index (κ3) is 4.48. The second-order valence-corrected chi connectivity index (χ2v) is 19.6. The van der Waals surface area contributed by atoms with Gasteiger partial charge >= 0.3 is 0 Å². The lowest BCUT2D eigenvalue weighted by molar-refractivity contribution is 0.0608. The predicted molar refractivity (Wildman–Crippen MR) is 267 cm³/mol. The van der Waals surface area contributed by atoms with E-state index in [9.17, 15) is 0 Å². The highest BCUT2D eigenvalue weighted by Crippen LogP contribution is 2.67. The van der Waals surface area contributed by atoms with Crippen LogP contribution in [0.1, 0.15) is 58.9 Å². The molecular weight excluding hydrogens is 747 g/mol. The zero-order valence-corrected chi connectivity index (χ0v) is 36.0. The molecule has 13 rings (SSSR count). The number of anilines is 2. The Hall–Kier alpha value is -6.70. The Balaban J connectivity index is 1.15. The second-order valence-electron chi connectivity index (χ2n) is 19.6. The van der Waals surface area contributed by atoms with Crippen molar-refractivity contribution in [3.8, 4) is 33.4 Å². The first-order chi connectivity index (χ1) is 30.3. The van der Waals surface area contributed by atoms with E-state index in [0.29, 0.717) is 0 Å². The minimum atomic E-state index is -0.0464. The van der Waals surface area contributed by atoms with Crippen LogP contribution in [0.4, 0.5) is 11.4 Å². The van der Waals surface area contributed by atoms with E-state index in [1.165, 1.54) is 141 Å². The molecule has 2 aliphatic rings. The average molecular weight is 796 g/mol. The molecule has 1 aliphatic carbocycles. The van der Waals surface area contributed by atoms with Crippen molar-refractivity contribution >= 4 is 76.0 Å².